The van der Waals surface area contributed by atoms with Gasteiger partial charge in [-0.1, -0.05) is 30.3 Å². The van der Waals surface area contributed by atoms with Gasteiger partial charge in [0.15, 0.2) is 0 Å². The van der Waals surface area contributed by atoms with Crippen molar-refractivity contribution < 1.29 is 14.0 Å². The summed E-state index contributed by atoms with van der Waals surface area (Å²) in [4.78, 5) is 9.44. The molecule has 0 aliphatic heterocycles. The Labute approximate surface area is 94.1 Å². The number of hydrogen-bond acceptors (Lipinski definition) is 3. The average Bonchev–Trinajstić information content (AvgIpc) is 2.18. The van der Waals surface area contributed by atoms with Crippen LogP contribution in [0, 0.1) is 0 Å². The minimum absolute atomic E-state index is 0.0476. The molecule has 0 aromatic heterocycles. The topological polar surface area (TPSA) is 46.5 Å². The van der Waals surface area contributed by atoms with E-state index in [-0.39, 0.29) is 11.9 Å². The van der Waals surface area contributed by atoms with Crippen molar-refractivity contribution in [2.45, 2.75) is 19.1 Å². The van der Waals surface area contributed by atoms with Gasteiger partial charge in [-0.25, -0.2) is 4.57 Å². The smallest absolute Gasteiger partial charge is 0.316 e. The summed E-state index contributed by atoms with van der Waals surface area (Å²) < 4.78 is 16.3. The van der Waals surface area contributed by atoms with Crippen molar-refractivity contribution >= 4 is 18.2 Å². The zero-order valence-electron chi connectivity index (χ0n) is 8.79. The Morgan fingerprint density at radius 2 is 2.07 bits per heavy atom. The van der Waals surface area contributed by atoms with Crippen LogP contribution < -0.4 is 0 Å². The van der Waals surface area contributed by atoms with Crippen LogP contribution in [0.3, 0.4) is 0 Å². The monoisotopic (exact) mass is 246 g/mol. The van der Waals surface area contributed by atoms with Crippen LogP contribution in [0.5, 0.6) is 0 Å². The summed E-state index contributed by atoms with van der Waals surface area (Å²) in [5.74, 6) is 0. The van der Waals surface area contributed by atoms with Crippen LogP contribution in [0.25, 0.3) is 0 Å². The number of hydrogen-bond donors (Lipinski definition) is 1. The molecule has 0 aliphatic rings. The molecular formula is C10H15O3PS. The Balaban J connectivity index is 2.64. The van der Waals surface area contributed by atoms with Crippen molar-refractivity contribution in [3.8, 4) is 0 Å². The third-order valence-electron chi connectivity index (χ3n) is 1.85. The van der Waals surface area contributed by atoms with Gasteiger partial charge in [-0.2, -0.15) is 0 Å². The summed E-state index contributed by atoms with van der Waals surface area (Å²) in [5, 5.41) is -0.0476. The van der Waals surface area contributed by atoms with Crippen LogP contribution in [-0.4, -0.2) is 11.5 Å². The fourth-order valence-electron chi connectivity index (χ4n) is 1.18. The van der Waals surface area contributed by atoms with Crippen molar-refractivity contribution in [1.29, 1.82) is 0 Å². The SMILES string of the molecule is CCOP(=O)(O)SC(C)c1ccccc1. The predicted octanol–water partition coefficient (Wildman–Crippen LogP) is 3.62. The van der Waals surface area contributed by atoms with Crippen molar-refractivity contribution in [2.24, 2.45) is 0 Å². The van der Waals surface area contributed by atoms with Gasteiger partial charge in [0.25, 0.3) is 0 Å². The van der Waals surface area contributed by atoms with Gasteiger partial charge in [0.05, 0.1) is 6.61 Å². The first-order valence-electron chi connectivity index (χ1n) is 4.76. The first-order valence-corrected chi connectivity index (χ1v) is 7.82. The second kappa shape index (κ2) is 5.71. The third-order valence-corrected chi connectivity index (χ3v) is 5.36. The van der Waals surface area contributed by atoms with Crippen molar-refractivity contribution in [1.82, 2.24) is 0 Å². The lowest BCUT2D eigenvalue weighted by atomic mass is 10.2. The Morgan fingerprint density at radius 3 is 2.60 bits per heavy atom. The van der Waals surface area contributed by atoms with Crippen LogP contribution in [0.15, 0.2) is 30.3 Å². The van der Waals surface area contributed by atoms with E-state index in [4.69, 9.17) is 4.52 Å². The van der Waals surface area contributed by atoms with E-state index in [2.05, 4.69) is 0 Å². The molecular weight excluding hydrogens is 231 g/mol. The molecule has 0 radical (unpaired) electrons. The van der Waals surface area contributed by atoms with Crippen molar-refractivity contribution in [3.63, 3.8) is 0 Å². The molecule has 2 unspecified atom stereocenters. The van der Waals surface area contributed by atoms with Crippen LogP contribution in [0.4, 0.5) is 0 Å². The second-order valence-electron chi connectivity index (χ2n) is 3.04. The molecule has 15 heavy (non-hydrogen) atoms. The van der Waals surface area contributed by atoms with Gasteiger partial charge in [0, 0.05) is 5.25 Å². The zero-order valence-corrected chi connectivity index (χ0v) is 10.5. The maximum absolute atomic E-state index is 11.5. The Bertz CT molecular complexity index is 342. The molecule has 0 amide bonds. The van der Waals surface area contributed by atoms with Gasteiger partial charge in [0.2, 0.25) is 0 Å². The summed E-state index contributed by atoms with van der Waals surface area (Å²) >= 11 is 0.968. The van der Waals surface area contributed by atoms with E-state index in [1.54, 1.807) is 6.92 Å². The lowest BCUT2D eigenvalue weighted by Crippen LogP contribution is -1.90. The Hall–Kier alpha value is -0.280. The molecule has 1 rings (SSSR count). The van der Waals surface area contributed by atoms with Gasteiger partial charge in [0.1, 0.15) is 0 Å². The van der Waals surface area contributed by atoms with E-state index in [1.807, 2.05) is 37.3 Å². The normalized spacial score (nSPS) is 17.0. The van der Waals surface area contributed by atoms with Gasteiger partial charge in [-0.05, 0) is 30.8 Å². The second-order valence-corrected chi connectivity index (χ2v) is 7.17. The van der Waals surface area contributed by atoms with E-state index >= 15 is 0 Å². The zero-order chi connectivity index (χ0) is 11.3. The van der Waals surface area contributed by atoms with Gasteiger partial charge >= 0.3 is 6.80 Å². The molecule has 1 N–H and O–H groups in total. The molecule has 1 aromatic carbocycles. The highest BCUT2D eigenvalue weighted by Gasteiger charge is 2.24. The van der Waals surface area contributed by atoms with Crippen molar-refractivity contribution in [3.05, 3.63) is 35.9 Å². The highest BCUT2D eigenvalue weighted by atomic mass is 32.7. The lowest BCUT2D eigenvalue weighted by molar-refractivity contribution is 0.291. The van der Waals surface area contributed by atoms with E-state index in [0.717, 1.165) is 16.9 Å². The third kappa shape index (κ3) is 4.39. The standard InChI is InChI=1S/C10H15O3PS/c1-3-13-14(11,12)15-9(2)10-7-5-4-6-8-10/h4-9H,3H2,1-2H3,(H,11,12). The van der Waals surface area contributed by atoms with E-state index in [0.29, 0.717) is 0 Å². The van der Waals surface area contributed by atoms with Crippen LogP contribution in [-0.2, 0) is 9.09 Å². The molecule has 84 valence electrons. The first-order chi connectivity index (χ1) is 7.05. The maximum Gasteiger partial charge on any atom is 0.387 e. The minimum Gasteiger partial charge on any atom is -0.316 e. The van der Waals surface area contributed by atoms with Crippen LogP contribution in [0.2, 0.25) is 0 Å². The van der Waals surface area contributed by atoms with E-state index < -0.39 is 6.80 Å². The summed E-state index contributed by atoms with van der Waals surface area (Å²) in [6.45, 7) is 0.351. The fraction of sp³-hybridized carbons (Fsp3) is 0.400. The van der Waals surface area contributed by atoms with Crippen molar-refractivity contribution in [2.75, 3.05) is 6.61 Å². The quantitative estimate of drug-likeness (QED) is 0.806. The largest absolute Gasteiger partial charge is 0.387 e. The van der Waals surface area contributed by atoms with Crippen LogP contribution >= 0.6 is 18.2 Å². The maximum atomic E-state index is 11.5. The van der Waals surface area contributed by atoms with E-state index in [1.165, 1.54) is 0 Å². The molecule has 0 spiro atoms. The number of rotatable bonds is 5. The highest BCUT2D eigenvalue weighted by Crippen LogP contribution is 2.61. The predicted molar refractivity (Wildman–Crippen MR) is 63.9 cm³/mol. The lowest BCUT2D eigenvalue weighted by Gasteiger charge is -2.15. The molecule has 5 heteroatoms. The Morgan fingerprint density at radius 1 is 1.47 bits per heavy atom. The summed E-state index contributed by atoms with van der Waals surface area (Å²) in [6, 6.07) is 9.61. The molecule has 2 atom stereocenters. The molecule has 0 fully saturated rings. The molecule has 0 aliphatic carbocycles. The molecule has 0 saturated heterocycles. The Kier molecular flexibility index (Phi) is 4.87. The van der Waals surface area contributed by atoms with E-state index in [9.17, 15) is 9.46 Å². The summed E-state index contributed by atoms with van der Waals surface area (Å²) in [6.07, 6.45) is 0. The fourth-order valence-corrected chi connectivity index (χ4v) is 4.31. The molecule has 1 aromatic rings. The molecule has 3 nitrogen and oxygen atoms in total. The summed E-state index contributed by atoms with van der Waals surface area (Å²) in [5.41, 5.74) is 1.02. The molecule has 0 bridgehead atoms. The van der Waals surface area contributed by atoms with Gasteiger partial charge in [-0.15, -0.1) is 0 Å². The molecule has 0 saturated carbocycles. The van der Waals surface area contributed by atoms with Gasteiger partial charge in [-0.3, -0.25) is 0 Å². The summed E-state index contributed by atoms with van der Waals surface area (Å²) in [7, 11) is 0. The average molecular weight is 246 g/mol. The molecule has 0 heterocycles. The number of benzene rings is 1. The van der Waals surface area contributed by atoms with Gasteiger partial charge < -0.3 is 9.42 Å². The first kappa shape index (κ1) is 12.8. The minimum atomic E-state index is -3.50. The highest BCUT2D eigenvalue weighted by molar-refractivity contribution is 8.54. The van der Waals surface area contributed by atoms with Crippen LogP contribution in [0.1, 0.15) is 24.7 Å².